The molecule has 2 aromatic rings. The first-order chi connectivity index (χ1) is 10.4. The highest BCUT2D eigenvalue weighted by atomic mass is 35.5. The number of rotatable bonds is 5. The molecule has 0 bridgehead atoms. The van der Waals surface area contributed by atoms with Crippen LogP contribution in [0.15, 0.2) is 18.2 Å². The van der Waals surface area contributed by atoms with Gasteiger partial charge in [0.15, 0.2) is 0 Å². The van der Waals surface area contributed by atoms with E-state index in [1.54, 1.807) is 16.8 Å². The summed E-state index contributed by atoms with van der Waals surface area (Å²) in [7, 11) is 0. The minimum Gasteiger partial charge on any atom is -0.395 e. The first-order valence-electron chi connectivity index (χ1n) is 6.82. The van der Waals surface area contributed by atoms with E-state index in [1.165, 1.54) is 0 Å². The molecule has 0 fully saturated rings. The summed E-state index contributed by atoms with van der Waals surface area (Å²) >= 11 is 12.0. The topological polar surface area (TPSA) is 67.2 Å². The van der Waals surface area contributed by atoms with Crippen LogP contribution < -0.4 is 5.32 Å². The Labute approximate surface area is 138 Å². The van der Waals surface area contributed by atoms with Crippen LogP contribution >= 0.6 is 23.2 Å². The third-order valence-electron chi connectivity index (χ3n) is 3.36. The van der Waals surface area contributed by atoms with E-state index in [9.17, 15) is 4.79 Å². The molecule has 2 rings (SSSR count). The number of aromatic nitrogens is 2. The highest BCUT2D eigenvalue weighted by molar-refractivity contribution is 6.42. The molecule has 1 aromatic heterocycles. The Morgan fingerprint density at radius 2 is 2.05 bits per heavy atom. The lowest BCUT2D eigenvalue weighted by Gasteiger charge is -2.07. The van der Waals surface area contributed by atoms with Gasteiger partial charge in [-0.3, -0.25) is 4.79 Å². The van der Waals surface area contributed by atoms with Crippen LogP contribution in [-0.2, 0) is 11.2 Å². The molecule has 0 saturated heterocycles. The van der Waals surface area contributed by atoms with E-state index < -0.39 is 0 Å². The minimum atomic E-state index is -0.145. The third kappa shape index (κ3) is 3.61. The Balaban J connectivity index is 2.30. The molecule has 1 amide bonds. The molecular formula is C15H17Cl2N3O2. The summed E-state index contributed by atoms with van der Waals surface area (Å²) in [6.45, 7) is 3.93. The first kappa shape index (κ1) is 16.8. The molecule has 0 radical (unpaired) electrons. The summed E-state index contributed by atoms with van der Waals surface area (Å²) in [6, 6.07) is 5.27. The Morgan fingerprint density at radius 1 is 1.32 bits per heavy atom. The molecule has 5 nitrogen and oxygen atoms in total. The molecule has 7 heteroatoms. The lowest BCUT2D eigenvalue weighted by Crippen LogP contribution is -2.28. The number of nitrogens with zero attached hydrogens (tertiary/aromatic N) is 2. The second-order valence-corrected chi connectivity index (χ2v) is 5.72. The van der Waals surface area contributed by atoms with Crippen LogP contribution in [-0.4, -0.2) is 33.9 Å². The summed E-state index contributed by atoms with van der Waals surface area (Å²) in [6.07, 6.45) is 0.221. The molecule has 0 spiro atoms. The molecule has 0 saturated carbocycles. The summed E-state index contributed by atoms with van der Waals surface area (Å²) in [5, 5.41) is 16.8. The Bertz CT molecular complexity index is 698. The largest absolute Gasteiger partial charge is 0.395 e. The minimum absolute atomic E-state index is 0.0771. The van der Waals surface area contributed by atoms with Crippen molar-refractivity contribution in [2.45, 2.75) is 20.3 Å². The Kier molecular flexibility index (Phi) is 5.45. The molecule has 1 aromatic carbocycles. The highest BCUT2D eigenvalue weighted by Crippen LogP contribution is 2.26. The van der Waals surface area contributed by atoms with Crippen molar-refractivity contribution in [3.63, 3.8) is 0 Å². The number of amides is 1. The summed E-state index contributed by atoms with van der Waals surface area (Å²) < 4.78 is 1.74. The van der Waals surface area contributed by atoms with E-state index in [0.29, 0.717) is 10.0 Å². The van der Waals surface area contributed by atoms with Gasteiger partial charge in [-0.25, -0.2) is 4.68 Å². The van der Waals surface area contributed by atoms with Gasteiger partial charge >= 0.3 is 0 Å². The van der Waals surface area contributed by atoms with Gasteiger partial charge in [-0.1, -0.05) is 23.2 Å². The van der Waals surface area contributed by atoms with Crippen LogP contribution in [0.3, 0.4) is 0 Å². The van der Waals surface area contributed by atoms with Crippen molar-refractivity contribution in [3.8, 4) is 5.69 Å². The van der Waals surface area contributed by atoms with Crippen molar-refractivity contribution in [2.24, 2.45) is 0 Å². The smallest absolute Gasteiger partial charge is 0.224 e. The number of carbonyl (C=O) groups excluding carboxylic acids is 1. The lowest BCUT2D eigenvalue weighted by molar-refractivity contribution is -0.120. The van der Waals surface area contributed by atoms with Crippen molar-refractivity contribution in [2.75, 3.05) is 13.2 Å². The SMILES string of the molecule is Cc1nn(-c2ccc(Cl)c(Cl)c2)c(C)c1CC(=O)NCCO. The van der Waals surface area contributed by atoms with Gasteiger partial charge in [0, 0.05) is 17.8 Å². The van der Waals surface area contributed by atoms with Crippen molar-refractivity contribution in [3.05, 3.63) is 45.2 Å². The van der Waals surface area contributed by atoms with Crippen LogP contribution in [0.5, 0.6) is 0 Å². The van der Waals surface area contributed by atoms with Gasteiger partial charge in [-0.2, -0.15) is 5.10 Å². The number of hydrogen-bond acceptors (Lipinski definition) is 3. The third-order valence-corrected chi connectivity index (χ3v) is 4.10. The average molecular weight is 342 g/mol. The number of nitrogens with one attached hydrogen (secondary N) is 1. The normalized spacial score (nSPS) is 10.8. The fraction of sp³-hybridized carbons (Fsp3) is 0.333. The zero-order chi connectivity index (χ0) is 16.3. The van der Waals surface area contributed by atoms with Crippen molar-refractivity contribution in [1.82, 2.24) is 15.1 Å². The molecule has 0 aliphatic carbocycles. The van der Waals surface area contributed by atoms with E-state index in [2.05, 4.69) is 10.4 Å². The zero-order valence-corrected chi connectivity index (χ0v) is 13.9. The molecule has 118 valence electrons. The fourth-order valence-corrected chi connectivity index (χ4v) is 2.51. The maximum Gasteiger partial charge on any atom is 0.224 e. The number of benzene rings is 1. The van der Waals surface area contributed by atoms with Crippen LogP contribution in [0, 0.1) is 13.8 Å². The number of carbonyl (C=O) groups is 1. The second-order valence-electron chi connectivity index (χ2n) is 4.91. The van der Waals surface area contributed by atoms with E-state index in [1.807, 2.05) is 19.9 Å². The Hall–Kier alpha value is -1.56. The summed E-state index contributed by atoms with van der Waals surface area (Å²) in [5.74, 6) is -0.145. The average Bonchev–Trinajstić information content (AvgIpc) is 2.76. The number of hydrogen-bond donors (Lipinski definition) is 2. The predicted molar refractivity (Wildman–Crippen MR) is 86.9 cm³/mol. The monoisotopic (exact) mass is 341 g/mol. The van der Waals surface area contributed by atoms with Crippen LogP contribution in [0.2, 0.25) is 10.0 Å². The van der Waals surface area contributed by atoms with E-state index in [4.69, 9.17) is 28.3 Å². The second kappa shape index (κ2) is 7.13. The fourth-order valence-electron chi connectivity index (χ4n) is 2.22. The quantitative estimate of drug-likeness (QED) is 0.877. The zero-order valence-electron chi connectivity index (χ0n) is 12.4. The van der Waals surface area contributed by atoms with E-state index >= 15 is 0 Å². The van der Waals surface area contributed by atoms with Crippen LogP contribution in [0.1, 0.15) is 17.0 Å². The first-order valence-corrected chi connectivity index (χ1v) is 7.57. The summed E-state index contributed by atoms with van der Waals surface area (Å²) in [4.78, 5) is 11.8. The molecule has 1 heterocycles. The number of aliphatic hydroxyl groups is 1. The standard InChI is InChI=1S/C15H17Cl2N3O2/c1-9-12(8-15(22)18-5-6-21)10(2)20(19-9)11-3-4-13(16)14(17)7-11/h3-4,7,21H,5-6,8H2,1-2H3,(H,18,22). The van der Waals surface area contributed by atoms with Crippen molar-refractivity contribution < 1.29 is 9.90 Å². The van der Waals surface area contributed by atoms with Gasteiger partial charge in [0.25, 0.3) is 0 Å². The highest BCUT2D eigenvalue weighted by Gasteiger charge is 2.16. The lowest BCUT2D eigenvalue weighted by atomic mass is 10.1. The van der Waals surface area contributed by atoms with Crippen molar-refractivity contribution >= 4 is 29.1 Å². The van der Waals surface area contributed by atoms with Gasteiger partial charge < -0.3 is 10.4 Å². The van der Waals surface area contributed by atoms with E-state index in [0.717, 1.165) is 22.6 Å². The molecular weight excluding hydrogens is 325 g/mol. The molecule has 0 unspecified atom stereocenters. The van der Waals surface area contributed by atoms with Crippen LogP contribution in [0.4, 0.5) is 0 Å². The number of aryl methyl sites for hydroxylation is 1. The molecule has 0 aliphatic rings. The van der Waals surface area contributed by atoms with Gasteiger partial charge in [0.05, 0.1) is 34.5 Å². The van der Waals surface area contributed by atoms with Gasteiger partial charge in [0.1, 0.15) is 0 Å². The van der Waals surface area contributed by atoms with Gasteiger partial charge in [-0.15, -0.1) is 0 Å². The maximum atomic E-state index is 11.8. The van der Waals surface area contributed by atoms with Gasteiger partial charge in [0.2, 0.25) is 5.91 Å². The predicted octanol–water partition coefficient (Wildman–Crippen LogP) is 2.45. The van der Waals surface area contributed by atoms with Gasteiger partial charge in [-0.05, 0) is 32.0 Å². The molecule has 22 heavy (non-hydrogen) atoms. The summed E-state index contributed by atoms with van der Waals surface area (Å²) in [5.41, 5.74) is 3.30. The number of aliphatic hydroxyl groups excluding tert-OH is 1. The number of halogens is 2. The Morgan fingerprint density at radius 3 is 2.68 bits per heavy atom. The molecule has 2 N–H and O–H groups in total. The van der Waals surface area contributed by atoms with Crippen LogP contribution in [0.25, 0.3) is 5.69 Å². The molecule has 0 atom stereocenters. The van der Waals surface area contributed by atoms with Crippen molar-refractivity contribution in [1.29, 1.82) is 0 Å². The maximum absolute atomic E-state index is 11.8. The van der Waals surface area contributed by atoms with E-state index in [-0.39, 0.29) is 25.5 Å². The molecule has 0 aliphatic heterocycles.